The van der Waals surface area contributed by atoms with E-state index in [0.717, 1.165) is 38.9 Å². The third-order valence-electron chi connectivity index (χ3n) is 5.49. The molecule has 1 aliphatic rings. The number of phenols is 2. The number of aromatic hydroxyl groups is 2. The number of hydrogen-bond donors (Lipinski definition) is 3. The molecule has 4 heteroatoms. The fourth-order valence-corrected chi connectivity index (χ4v) is 4.18. The number of phenolic OH excluding ortho intramolecular Hbond substituents is 2. The lowest BCUT2D eigenvalue weighted by Crippen LogP contribution is -2.06. The Morgan fingerprint density at radius 3 is 2.42 bits per heavy atom. The number of fused-ring (bicyclic) bond motifs is 4. The Morgan fingerprint density at radius 1 is 0.958 bits per heavy atom. The van der Waals surface area contributed by atoms with Crippen LogP contribution in [0.2, 0.25) is 0 Å². The van der Waals surface area contributed by atoms with Crippen LogP contribution in [-0.4, -0.2) is 20.2 Å². The molecule has 0 amide bonds. The standard InChI is InChI=1S/C20H21NO3/c1-10-8-14-11(2)19(22)12(3)20(23)16(14)9-15-13-6-4-5-7-17(13)21(24)18(10)15/h4-7,10,22-24H,8-9H2,1-3H3. The predicted octanol–water partition coefficient (Wildman–Crippen LogP) is 4.16. The molecular weight excluding hydrogens is 302 g/mol. The Labute approximate surface area is 140 Å². The molecule has 3 aromatic rings. The summed E-state index contributed by atoms with van der Waals surface area (Å²) in [6.07, 6.45) is 1.23. The number of para-hydroxylation sites is 1. The van der Waals surface area contributed by atoms with Gasteiger partial charge in [0.25, 0.3) is 0 Å². The van der Waals surface area contributed by atoms with Crippen LogP contribution in [-0.2, 0) is 12.8 Å². The lowest BCUT2D eigenvalue weighted by atomic mass is 9.90. The van der Waals surface area contributed by atoms with Crippen molar-refractivity contribution in [3.8, 4) is 11.5 Å². The number of aromatic nitrogens is 1. The molecule has 4 rings (SSSR count). The minimum atomic E-state index is 0.0823. The van der Waals surface area contributed by atoms with Crippen LogP contribution in [0, 0.1) is 13.8 Å². The number of nitrogens with zero attached hydrogens (tertiary/aromatic N) is 1. The topological polar surface area (TPSA) is 65.6 Å². The molecule has 1 heterocycles. The summed E-state index contributed by atoms with van der Waals surface area (Å²) in [7, 11) is 0. The normalized spacial score (nSPS) is 16.7. The van der Waals surface area contributed by atoms with Crippen LogP contribution in [0.25, 0.3) is 10.9 Å². The first kappa shape index (κ1) is 14.9. The van der Waals surface area contributed by atoms with Crippen LogP contribution in [0.1, 0.15) is 46.4 Å². The van der Waals surface area contributed by atoms with Crippen molar-refractivity contribution in [2.24, 2.45) is 0 Å². The van der Waals surface area contributed by atoms with Crippen LogP contribution in [0.4, 0.5) is 0 Å². The summed E-state index contributed by atoms with van der Waals surface area (Å²) in [5, 5.41) is 32.6. The Kier molecular flexibility index (Phi) is 3.07. The van der Waals surface area contributed by atoms with E-state index in [4.69, 9.17) is 0 Å². The third kappa shape index (κ3) is 1.80. The summed E-state index contributed by atoms with van der Waals surface area (Å²) < 4.78 is 1.29. The Balaban J connectivity index is 2.06. The Morgan fingerprint density at radius 2 is 1.67 bits per heavy atom. The van der Waals surface area contributed by atoms with Crippen molar-refractivity contribution in [3.05, 3.63) is 57.8 Å². The molecule has 0 saturated carbocycles. The second kappa shape index (κ2) is 4.94. The van der Waals surface area contributed by atoms with Crippen LogP contribution in [0.15, 0.2) is 24.3 Å². The average Bonchev–Trinajstić information content (AvgIpc) is 2.76. The van der Waals surface area contributed by atoms with E-state index >= 15 is 0 Å². The number of rotatable bonds is 0. The molecule has 24 heavy (non-hydrogen) atoms. The zero-order chi connectivity index (χ0) is 17.2. The minimum Gasteiger partial charge on any atom is -0.507 e. The van der Waals surface area contributed by atoms with Gasteiger partial charge < -0.3 is 15.4 Å². The van der Waals surface area contributed by atoms with Gasteiger partial charge in [0.05, 0.1) is 11.2 Å². The van der Waals surface area contributed by atoms with Crippen LogP contribution in [0.3, 0.4) is 0 Å². The molecule has 1 aromatic heterocycles. The largest absolute Gasteiger partial charge is 0.507 e. The maximum absolute atomic E-state index is 10.7. The molecule has 0 saturated heterocycles. The average molecular weight is 323 g/mol. The lowest BCUT2D eigenvalue weighted by molar-refractivity contribution is 0.186. The van der Waals surface area contributed by atoms with Crippen molar-refractivity contribution in [1.82, 2.24) is 4.73 Å². The van der Waals surface area contributed by atoms with Gasteiger partial charge in [-0.3, -0.25) is 0 Å². The fraction of sp³-hybridized carbons (Fsp3) is 0.300. The van der Waals surface area contributed by atoms with Crippen molar-refractivity contribution < 1.29 is 15.4 Å². The van der Waals surface area contributed by atoms with Gasteiger partial charge in [-0.25, -0.2) is 0 Å². The first-order valence-electron chi connectivity index (χ1n) is 8.26. The second-order valence-corrected chi connectivity index (χ2v) is 6.88. The van der Waals surface area contributed by atoms with Crippen LogP contribution < -0.4 is 0 Å². The van der Waals surface area contributed by atoms with E-state index in [-0.39, 0.29) is 17.4 Å². The van der Waals surface area contributed by atoms with Gasteiger partial charge in [0.15, 0.2) is 0 Å². The first-order chi connectivity index (χ1) is 11.4. The molecule has 0 bridgehead atoms. The zero-order valence-electron chi connectivity index (χ0n) is 14.1. The molecule has 4 nitrogen and oxygen atoms in total. The van der Waals surface area contributed by atoms with Gasteiger partial charge in [0.1, 0.15) is 11.5 Å². The van der Waals surface area contributed by atoms with Gasteiger partial charge in [-0.1, -0.05) is 25.1 Å². The predicted molar refractivity (Wildman–Crippen MR) is 93.3 cm³/mol. The van der Waals surface area contributed by atoms with E-state index in [9.17, 15) is 15.4 Å². The molecule has 1 unspecified atom stereocenters. The van der Waals surface area contributed by atoms with Crippen molar-refractivity contribution in [1.29, 1.82) is 0 Å². The SMILES string of the molecule is Cc1c(O)c(C)c2c(c1O)Cc1c(n(O)c3ccccc13)C(C)C2. The van der Waals surface area contributed by atoms with Crippen LogP contribution in [0.5, 0.6) is 11.5 Å². The van der Waals surface area contributed by atoms with Gasteiger partial charge in [-0.05, 0) is 43.0 Å². The summed E-state index contributed by atoms with van der Waals surface area (Å²) in [5.41, 5.74) is 5.95. The molecule has 0 aliphatic heterocycles. The maximum atomic E-state index is 10.7. The highest BCUT2D eigenvalue weighted by Gasteiger charge is 2.30. The molecule has 0 spiro atoms. The molecule has 1 atom stereocenters. The molecule has 1 aliphatic carbocycles. The van der Waals surface area contributed by atoms with Crippen molar-refractivity contribution in [2.75, 3.05) is 0 Å². The quantitative estimate of drug-likeness (QED) is 0.544. The van der Waals surface area contributed by atoms with Crippen LogP contribution >= 0.6 is 0 Å². The van der Waals surface area contributed by atoms with Gasteiger partial charge >= 0.3 is 0 Å². The lowest BCUT2D eigenvalue weighted by Gasteiger charge is -2.18. The smallest absolute Gasteiger partial charge is 0.126 e. The highest BCUT2D eigenvalue weighted by atomic mass is 16.5. The van der Waals surface area contributed by atoms with Gasteiger partial charge in [-0.2, -0.15) is 4.73 Å². The molecule has 2 aromatic carbocycles. The molecule has 3 N–H and O–H groups in total. The summed E-state index contributed by atoms with van der Waals surface area (Å²) in [4.78, 5) is 0. The van der Waals surface area contributed by atoms with E-state index < -0.39 is 0 Å². The summed E-state index contributed by atoms with van der Waals surface area (Å²) in [6.45, 7) is 5.71. The van der Waals surface area contributed by atoms with Gasteiger partial charge in [-0.15, -0.1) is 0 Å². The first-order valence-corrected chi connectivity index (χ1v) is 8.26. The minimum absolute atomic E-state index is 0.0823. The molecule has 0 fully saturated rings. The molecule has 0 radical (unpaired) electrons. The maximum Gasteiger partial charge on any atom is 0.126 e. The van der Waals surface area contributed by atoms with E-state index in [1.165, 1.54) is 4.73 Å². The zero-order valence-corrected chi connectivity index (χ0v) is 14.1. The number of benzene rings is 2. The Bertz CT molecular complexity index is 985. The van der Waals surface area contributed by atoms with Crippen molar-refractivity contribution in [3.63, 3.8) is 0 Å². The van der Waals surface area contributed by atoms with E-state index in [2.05, 4.69) is 6.92 Å². The molecular formula is C20H21NO3. The summed E-state index contributed by atoms with van der Waals surface area (Å²) >= 11 is 0. The van der Waals surface area contributed by atoms with Gasteiger partial charge in [0, 0.05) is 28.9 Å². The molecule has 124 valence electrons. The second-order valence-electron chi connectivity index (χ2n) is 6.88. The highest BCUT2D eigenvalue weighted by molar-refractivity contribution is 5.86. The van der Waals surface area contributed by atoms with E-state index in [0.29, 0.717) is 18.4 Å². The Hall–Kier alpha value is -2.62. The summed E-state index contributed by atoms with van der Waals surface area (Å²) in [5.74, 6) is 0.420. The van der Waals surface area contributed by atoms with Crippen molar-refractivity contribution in [2.45, 2.75) is 39.5 Å². The van der Waals surface area contributed by atoms with E-state index in [1.807, 2.05) is 31.2 Å². The summed E-state index contributed by atoms with van der Waals surface area (Å²) in [6, 6.07) is 7.80. The van der Waals surface area contributed by atoms with E-state index in [1.54, 1.807) is 6.92 Å². The monoisotopic (exact) mass is 323 g/mol. The third-order valence-corrected chi connectivity index (χ3v) is 5.49. The fourth-order valence-electron chi connectivity index (χ4n) is 4.18. The van der Waals surface area contributed by atoms with Gasteiger partial charge in [0.2, 0.25) is 0 Å². The highest BCUT2D eigenvalue weighted by Crippen LogP contribution is 2.44. The van der Waals surface area contributed by atoms with Crippen molar-refractivity contribution >= 4 is 10.9 Å². The number of hydrogen-bond acceptors (Lipinski definition) is 3.